The molecule has 2 atom stereocenters. The van der Waals surface area contributed by atoms with Gasteiger partial charge >= 0.3 is 0 Å². The third-order valence-corrected chi connectivity index (χ3v) is 4.24. The molecule has 24 heavy (non-hydrogen) atoms. The highest BCUT2D eigenvalue weighted by Gasteiger charge is 2.32. The summed E-state index contributed by atoms with van der Waals surface area (Å²) in [6.45, 7) is 0. The number of aliphatic hydroxyl groups is 1. The number of hydrogen-bond acceptors (Lipinski definition) is 4. The van der Waals surface area contributed by atoms with Crippen molar-refractivity contribution >= 4 is 5.91 Å². The van der Waals surface area contributed by atoms with Crippen molar-refractivity contribution in [1.82, 2.24) is 20.1 Å². The molecule has 6 heteroatoms. The van der Waals surface area contributed by atoms with E-state index in [1.165, 1.54) is 0 Å². The maximum Gasteiger partial charge on any atom is 0.270 e. The fourth-order valence-electron chi connectivity index (χ4n) is 3.07. The minimum Gasteiger partial charge on any atom is -0.390 e. The van der Waals surface area contributed by atoms with Gasteiger partial charge in [0.25, 0.3) is 5.91 Å². The van der Waals surface area contributed by atoms with Gasteiger partial charge in [-0.1, -0.05) is 24.3 Å². The number of fused-ring (bicyclic) bond motifs is 1. The minimum atomic E-state index is -0.624. The van der Waals surface area contributed by atoms with Gasteiger partial charge in [0.15, 0.2) is 0 Å². The first kappa shape index (κ1) is 14.6. The molecule has 120 valence electrons. The average molecular weight is 320 g/mol. The molecule has 0 radical (unpaired) electrons. The summed E-state index contributed by atoms with van der Waals surface area (Å²) in [5.74, 6) is -0.315. The Hall–Kier alpha value is -2.99. The van der Waals surface area contributed by atoms with Gasteiger partial charge in [0.05, 0.1) is 17.8 Å². The van der Waals surface area contributed by atoms with Crippen molar-refractivity contribution in [3.05, 3.63) is 77.9 Å². The Morgan fingerprint density at radius 3 is 2.92 bits per heavy atom. The third kappa shape index (κ3) is 2.57. The summed E-state index contributed by atoms with van der Waals surface area (Å²) in [4.78, 5) is 16.7. The van der Waals surface area contributed by atoms with E-state index >= 15 is 0 Å². The molecule has 0 fully saturated rings. The molecular weight excluding hydrogens is 304 g/mol. The Morgan fingerprint density at radius 2 is 2.08 bits per heavy atom. The Morgan fingerprint density at radius 1 is 1.21 bits per heavy atom. The molecule has 1 aliphatic rings. The number of nitrogens with one attached hydrogen (secondary N) is 1. The Labute approximate surface area is 138 Å². The largest absolute Gasteiger partial charge is 0.390 e. The summed E-state index contributed by atoms with van der Waals surface area (Å²) in [6, 6.07) is 12.6. The van der Waals surface area contributed by atoms with E-state index in [0.29, 0.717) is 12.1 Å². The highest BCUT2D eigenvalue weighted by Crippen LogP contribution is 2.31. The fourth-order valence-corrected chi connectivity index (χ4v) is 3.07. The number of pyridine rings is 1. The fraction of sp³-hybridized carbons (Fsp3) is 0.167. The smallest absolute Gasteiger partial charge is 0.270 e. The van der Waals surface area contributed by atoms with Crippen molar-refractivity contribution in [1.29, 1.82) is 0 Å². The first-order chi connectivity index (χ1) is 11.7. The molecule has 1 aromatic carbocycles. The van der Waals surface area contributed by atoms with Crippen LogP contribution in [-0.4, -0.2) is 31.9 Å². The molecule has 6 nitrogen and oxygen atoms in total. The molecule has 0 unspecified atom stereocenters. The van der Waals surface area contributed by atoms with E-state index in [9.17, 15) is 9.90 Å². The maximum absolute atomic E-state index is 12.6. The number of carbonyl (C=O) groups excluding carboxylic acids is 1. The molecule has 2 N–H and O–H groups in total. The van der Waals surface area contributed by atoms with Crippen LogP contribution in [0.2, 0.25) is 0 Å². The summed E-state index contributed by atoms with van der Waals surface area (Å²) >= 11 is 0. The number of benzene rings is 1. The number of aromatic nitrogens is 3. The van der Waals surface area contributed by atoms with Gasteiger partial charge in [-0.3, -0.25) is 9.78 Å². The molecule has 1 aliphatic carbocycles. The summed E-state index contributed by atoms with van der Waals surface area (Å²) in [5, 5.41) is 17.3. The van der Waals surface area contributed by atoms with Gasteiger partial charge in [-0.05, 0) is 29.3 Å². The van der Waals surface area contributed by atoms with Crippen LogP contribution in [-0.2, 0) is 6.42 Å². The lowest BCUT2D eigenvalue weighted by atomic mass is 10.1. The van der Waals surface area contributed by atoms with Gasteiger partial charge in [-0.2, -0.15) is 5.10 Å². The summed E-state index contributed by atoms with van der Waals surface area (Å²) < 4.78 is 1.66. The summed E-state index contributed by atoms with van der Waals surface area (Å²) in [6.07, 6.45) is 4.97. The van der Waals surface area contributed by atoms with Crippen LogP contribution >= 0.6 is 0 Å². The zero-order valence-electron chi connectivity index (χ0n) is 12.8. The molecule has 0 spiro atoms. The summed E-state index contributed by atoms with van der Waals surface area (Å²) in [5.41, 5.74) is 3.07. The number of nitrogens with zero attached hydrogens (tertiary/aromatic N) is 3. The minimum absolute atomic E-state index is 0.291. The van der Waals surface area contributed by atoms with Crippen LogP contribution in [0.4, 0.5) is 0 Å². The Balaban J connectivity index is 1.58. The average Bonchev–Trinajstić information content (AvgIpc) is 3.24. The normalized spacial score (nSPS) is 19.0. The van der Waals surface area contributed by atoms with E-state index in [-0.39, 0.29) is 5.91 Å². The number of amides is 1. The van der Waals surface area contributed by atoms with E-state index in [2.05, 4.69) is 15.4 Å². The van der Waals surface area contributed by atoms with Crippen molar-refractivity contribution in [2.24, 2.45) is 0 Å². The highest BCUT2D eigenvalue weighted by atomic mass is 16.3. The zero-order chi connectivity index (χ0) is 16.5. The predicted octanol–water partition coefficient (Wildman–Crippen LogP) is 1.66. The molecule has 2 heterocycles. The van der Waals surface area contributed by atoms with E-state index < -0.39 is 12.1 Å². The van der Waals surface area contributed by atoms with Crippen molar-refractivity contribution in [3.8, 4) is 5.69 Å². The molecule has 3 aromatic rings. The Kier molecular flexibility index (Phi) is 3.59. The maximum atomic E-state index is 12.6. The molecule has 0 bridgehead atoms. The van der Waals surface area contributed by atoms with Gasteiger partial charge in [-0.25, -0.2) is 4.68 Å². The number of carbonyl (C=O) groups is 1. The zero-order valence-corrected chi connectivity index (χ0v) is 12.8. The molecule has 2 aromatic heterocycles. The predicted molar refractivity (Wildman–Crippen MR) is 87.7 cm³/mol. The van der Waals surface area contributed by atoms with Gasteiger partial charge in [-0.15, -0.1) is 0 Å². The summed E-state index contributed by atoms with van der Waals surface area (Å²) in [7, 11) is 0. The van der Waals surface area contributed by atoms with Crippen LogP contribution < -0.4 is 5.32 Å². The molecule has 0 saturated heterocycles. The molecule has 4 rings (SSSR count). The van der Waals surface area contributed by atoms with Crippen LogP contribution in [0, 0.1) is 0 Å². The number of rotatable bonds is 3. The quantitative estimate of drug-likeness (QED) is 0.769. The van der Waals surface area contributed by atoms with E-state index in [4.69, 9.17) is 0 Å². The topological polar surface area (TPSA) is 80.0 Å². The second-order valence-corrected chi connectivity index (χ2v) is 5.77. The van der Waals surface area contributed by atoms with Gasteiger partial charge in [0, 0.05) is 25.0 Å². The molecule has 1 amide bonds. The van der Waals surface area contributed by atoms with Crippen LogP contribution in [0.1, 0.15) is 27.7 Å². The van der Waals surface area contributed by atoms with Crippen molar-refractivity contribution < 1.29 is 9.90 Å². The van der Waals surface area contributed by atoms with Crippen molar-refractivity contribution in [2.75, 3.05) is 0 Å². The van der Waals surface area contributed by atoms with Gasteiger partial charge in [0.1, 0.15) is 5.69 Å². The van der Waals surface area contributed by atoms with Gasteiger partial charge < -0.3 is 10.4 Å². The monoisotopic (exact) mass is 320 g/mol. The van der Waals surface area contributed by atoms with Crippen molar-refractivity contribution in [2.45, 2.75) is 18.6 Å². The lowest BCUT2D eigenvalue weighted by Crippen LogP contribution is -2.34. The third-order valence-electron chi connectivity index (χ3n) is 4.24. The second-order valence-electron chi connectivity index (χ2n) is 5.77. The Bertz CT molecular complexity index is 876. The molecule has 0 aliphatic heterocycles. The van der Waals surface area contributed by atoms with Crippen LogP contribution in [0.5, 0.6) is 0 Å². The first-order valence-electron chi connectivity index (χ1n) is 7.75. The van der Waals surface area contributed by atoms with Gasteiger partial charge in [0.2, 0.25) is 0 Å². The van der Waals surface area contributed by atoms with E-state index in [0.717, 1.165) is 16.8 Å². The number of hydrogen-bond donors (Lipinski definition) is 2. The molecule has 0 saturated carbocycles. The van der Waals surface area contributed by atoms with E-state index in [1.807, 2.05) is 30.3 Å². The standard InChI is InChI=1S/C18H16N4O2/c23-16-10-12-4-1-2-5-14(12)17(16)21-18(24)15-11-13(6-8-19-15)22-9-3-7-20-22/h1-9,11,16-17,23H,10H2,(H,21,24)/t16-,17-/m1/s1. The highest BCUT2D eigenvalue weighted by molar-refractivity contribution is 5.93. The van der Waals surface area contributed by atoms with Crippen LogP contribution in [0.3, 0.4) is 0 Å². The SMILES string of the molecule is O=C(N[C@@H]1c2ccccc2C[C@H]1O)c1cc(-n2cccn2)ccn1. The van der Waals surface area contributed by atoms with Crippen LogP contribution in [0.25, 0.3) is 5.69 Å². The lowest BCUT2D eigenvalue weighted by molar-refractivity contribution is 0.0853. The van der Waals surface area contributed by atoms with Crippen LogP contribution in [0.15, 0.2) is 61.1 Å². The lowest BCUT2D eigenvalue weighted by Gasteiger charge is -2.17. The van der Waals surface area contributed by atoms with E-state index in [1.54, 1.807) is 35.4 Å². The first-order valence-corrected chi connectivity index (χ1v) is 7.75. The molecular formula is C18H16N4O2. The van der Waals surface area contributed by atoms with Crippen molar-refractivity contribution in [3.63, 3.8) is 0 Å². The number of aliphatic hydroxyl groups excluding tert-OH is 1. The second kappa shape index (κ2) is 5.90.